The van der Waals surface area contributed by atoms with Gasteiger partial charge in [-0.2, -0.15) is 0 Å². The van der Waals surface area contributed by atoms with Gasteiger partial charge in [0.1, 0.15) is 11.2 Å². The highest BCUT2D eigenvalue weighted by Gasteiger charge is 2.35. The molecule has 1 aliphatic rings. The molecular formula is C53H36N2O. The minimum absolute atomic E-state index is 0.0655. The van der Waals surface area contributed by atoms with Crippen molar-refractivity contribution >= 4 is 32.7 Å². The average Bonchev–Trinajstić information content (AvgIpc) is 3.75. The standard InChI is InChI=1S/C53H36N2O/c1-53(2)45-20-12-11-19-42(45)44-30-37(22-25-46(44)53)47-32-48(55-52(54-47)35-16-7-4-8-17-35)40-28-38(33-13-5-3-6-14-33)27-39(29-40)36-21-24-43-50(31-36)56-49-26-23-34-15-9-10-18-41(34)51(43)49/h3-32H,1-2H3. The third kappa shape index (κ3) is 5.20. The number of nitrogens with zero attached hydrogens (tertiary/aromatic N) is 2. The van der Waals surface area contributed by atoms with E-state index in [9.17, 15) is 0 Å². The highest BCUT2D eigenvalue weighted by Crippen LogP contribution is 2.49. The monoisotopic (exact) mass is 716 g/mol. The Morgan fingerprint density at radius 1 is 0.393 bits per heavy atom. The van der Waals surface area contributed by atoms with Gasteiger partial charge in [0.05, 0.1) is 11.4 Å². The van der Waals surface area contributed by atoms with Gasteiger partial charge in [-0.25, -0.2) is 9.97 Å². The molecule has 0 amide bonds. The van der Waals surface area contributed by atoms with Gasteiger partial charge in [0.15, 0.2) is 5.82 Å². The molecule has 3 heteroatoms. The van der Waals surface area contributed by atoms with Crippen LogP contribution in [0.15, 0.2) is 186 Å². The van der Waals surface area contributed by atoms with Crippen LogP contribution in [0.1, 0.15) is 25.0 Å². The van der Waals surface area contributed by atoms with Crippen LogP contribution in [0.25, 0.3) is 100.0 Å². The Morgan fingerprint density at radius 2 is 1.04 bits per heavy atom. The Kier molecular flexibility index (Phi) is 7.20. The first-order chi connectivity index (χ1) is 27.5. The van der Waals surface area contributed by atoms with Gasteiger partial charge in [0.2, 0.25) is 0 Å². The third-order valence-electron chi connectivity index (χ3n) is 11.7. The fourth-order valence-electron chi connectivity index (χ4n) is 8.80. The molecule has 3 nitrogen and oxygen atoms in total. The Balaban J connectivity index is 1.10. The molecule has 1 aliphatic carbocycles. The molecule has 10 aromatic rings. The van der Waals surface area contributed by atoms with Gasteiger partial charge in [0, 0.05) is 32.9 Å². The molecular weight excluding hydrogens is 681 g/mol. The van der Waals surface area contributed by atoms with Gasteiger partial charge < -0.3 is 4.42 Å². The normalized spacial score (nSPS) is 13.0. The fourth-order valence-corrected chi connectivity index (χ4v) is 8.80. The molecule has 264 valence electrons. The summed E-state index contributed by atoms with van der Waals surface area (Å²) in [4.78, 5) is 10.5. The van der Waals surface area contributed by atoms with Crippen molar-refractivity contribution in [2.75, 3.05) is 0 Å². The van der Waals surface area contributed by atoms with E-state index in [1.165, 1.54) is 33.0 Å². The van der Waals surface area contributed by atoms with E-state index in [-0.39, 0.29) is 5.41 Å². The second-order valence-electron chi connectivity index (χ2n) is 15.4. The smallest absolute Gasteiger partial charge is 0.160 e. The molecule has 2 heterocycles. The molecule has 0 bridgehead atoms. The number of hydrogen-bond acceptors (Lipinski definition) is 3. The molecule has 0 saturated heterocycles. The highest BCUT2D eigenvalue weighted by molar-refractivity contribution is 6.19. The van der Waals surface area contributed by atoms with Gasteiger partial charge in [-0.1, -0.05) is 147 Å². The molecule has 2 aromatic heterocycles. The van der Waals surface area contributed by atoms with Gasteiger partial charge in [0.25, 0.3) is 0 Å². The van der Waals surface area contributed by atoms with Crippen molar-refractivity contribution < 1.29 is 4.42 Å². The van der Waals surface area contributed by atoms with E-state index in [4.69, 9.17) is 14.4 Å². The largest absolute Gasteiger partial charge is 0.456 e. The molecule has 0 saturated carbocycles. The van der Waals surface area contributed by atoms with Crippen molar-refractivity contribution in [3.63, 3.8) is 0 Å². The van der Waals surface area contributed by atoms with Crippen molar-refractivity contribution in [3.05, 3.63) is 193 Å². The van der Waals surface area contributed by atoms with Crippen molar-refractivity contribution in [1.82, 2.24) is 9.97 Å². The lowest BCUT2D eigenvalue weighted by molar-refractivity contribution is 0.660. The molecule has 11 rings (SSSR count). The molecule has 0 unspecified atom stereocenters. The lowest BCUT2D eigenvalue weighted by Gasteiger charge is -2.21. The average molecular weight is 717 g/mol. The summed E-state index contributed by atoms with van der Waals surface area (Å²) < 4.78 is 6.53. The lowest BCUT2D eigenvalue weighted by atomic mass is 9.82. The van der Waals surface area contributed by atoms with E-state index >= 15 is 0 Å². The Bertz CT molecular complexity index is 3160. The highest BCUT2D eigenvalue weighted by atomic mass is 16.3. The number of benzene rings is 8. The lowest BCUT2D eigenvalue weighted by Crippen LogP contribution is -2.14. The number of rotatable bonds is 5. The van der Waals surface area contributed by atoms with Crippen LogP contribution in [0.3, 0.4) is 0 Å². The number of furan rings is 1. The van der Waals surface area contributed by atoms with Crippen LogP contribution in [-0.2, 0) is 5.41 Å². The van der Waals surface area contributed by atoms with Crippen LogP contribution >= 0.6 is 0 Å². The molecule has 0 N–H and O–H groups in total. The molecule has 0 aliphatic heterocycles. The van der Waals surface area contributed by atoms with Gasteiger partial charge >= 0.3 is 0 Å². The maximum absolute atomic E-state index is 6.53. The Hall–Kier alpha value is -7.10. The van der Waals surface area contributed by atoms with E-state index in [0.717, 1.165) is 72.3 Å². The first kappa shape index (κ1) is 32.3. The van der Waals surface area contributed by atoms with Crippen LogP contribution in [0.4, 0.5) is 0 Å². The summed E-state index contributed by atoms with van der Waals surface area (Å²) >= 11 is 0. The summed E-state index contributed by atoms with van der Waals surface area (Å²) in [6.07, 6.45) is 0. The van der Waals surface area contributed by atoms with E-state index in [1.807, 2.05) is 18.2 Å². The second kappa shape index (κ2) is 12.5. The van der Waals surface area contributed by atoms with E-state index in [0.29, 0.717) is 5.82 Å². The zero-order chi connectivity index (χ0) is 37.4. The molecule has 0 fully saturated rings. The van der Waals surface area contributed by atoms with Gasteiger partial charge in [-0.3, -0.25) is 0 Å². The number of aromatic nitrogens is 2. The molecule has 8 aromatic carbocycles. The van der Waals surface area contributed by atoms with Crippen LogP contribution in [0, 0.1) is 0 Å². The van der Waals surface area contributed by atoms with Crippen molar-refractivity contribution in [1.29, 1.82) is 0 Å². The summed E-state index contributed by atoms with van der Waals surface area (Å²) in [6.45, 7) is 4.64. The number of hydrogen-bond donors (Lipinski definition) is 0. The topological polar surface area (TPSA) is 38.9 Å². The third-order valence-corrected chi connectivity index (χ3v) is 11.7. The summed E-state index contributed by atoms with van der Waals surface area (Å²) in [5.74, 6) is 0.696. The quantitative estimate of drug-likeness (QED) is 0.178. The van der Waals surface area contributed by atoms with Gasteiger partial charge in [-0.15, -0.1) is 0 Å². The minimum atomic E-state index is -0.0655. The molecule has 56 heavy (non-hydrogen) atoms. The van der Waals surface area contributed by atoms with E-state index in [1.54, 1.807) is 0 Å². The molecule has 0 spiro atoms. The zero-order valence-electron chi connectivity index (χ0n) is 31.1. The summed E-state index contributed by atoms with van der Waals surface area (Å²) in [5.41, 5.74) is 16.2. The van der Waals surface area contributed by atoms with Crippen LogP contribution < -0.4 is 0 Å². The second-order valence-corrected chi connectivity index (χ2v) is 15.4. The predicted octanol–water partition coefficient (Wildman–Crippen LogP) is 14.2. The first-order valence-electron chi connectivity index (χ1n) is 19.2. The van der Waals surface area contributed by atoms with E-state index < -0.39 is 0 Å². The summed E-state index contributed by atoms with van der Waals surface area (Å²) in [6, 6.07) is 64.8. The van der Waals surface area contributed by atoms with E-state index in [2.05, 4.69) is 178 Å². The predicted molar refractivity (Wildman–Crippen MR) is 232 cm³/mol. The van der Waals surface area contributed by atoms with Crippen molar-refractivity contribution in [3.8, 4) is 67.3 Å². The van der Waals surface area contributed by atoms with Crippen LogP contribution in [0.5, 0.6) is 0 Å². The summed E-state index contributed by atoms with van der Waals surface area (Å²) in [7, 11) is 0. The van der Waals surface area contributed by atoms with Crippen molar-refractivity contribution in [2.45, 2.75) is 19.3 Å². The van der Waals surface area contributed by atoms with Crippen LogP contribution in [-0.4, -0.2) is 9.97 Å². The molecule has 0 radical (unpaired) electrons. The van der Waals surface area contributed by atoms with Gasteiger partial charge in [-0.05, 0) is 104 Å². The maximum Gasteiger partial charge on any atom is 0.160 e. The summed E-state index contributed by atoms with van der Waals surface area (Å²) in [5, 5.41) is 4.69. The minimum Gasteiger partial charge on any atom is -0.456 e. The maximum atomic E-state index is 6.53. The first-order valence-corrected chi connectivity index (χ1v) is 19.2. The Labute approximate surface area is 325 Å². The van der Waals surface area contributed by atoms with Crippen LogP contribution in [0.2, 0.25) is 0 Å². The SMILES string of the molecule is CC1(C)c2ccccc2-c2cc(-c3cc(-c4cc(-c5ccccc5)cc(-c5ccc6c(c5)oc5ccc7ccccc7c56)c4)nc(-c4ccccc4)n3)ccc21. The Morgan fingerprint density at radius 3 is 1.86 bits per heavy atom. The number of fused-ring (bicyclic) bond motifs is 8. The molecule has 0 atom stereocenters. The fraction of sp³-hybridized carbons (Fsp3) is 0.0566. The van der Waals surface area contributed by atoms with Crippen molar-refractivity contribution in [2.24, 2.45) is 0 Å². The zero-order valence-corrected chi connectivity index (χ0v) is 31.1.